The van der Waals surface area contributed by atoms with Crippen LogP contribution >= 0.6 is 11.6 Å². The van der Waals surface area contributed by atoms with E-state index in [1.54, 1.807) is 32.2 Å². The van der Waals surface area contributed by atoms with Gasteiger partial charge in [0.2, 0.25) is 15.9 Å². The van der Waals surface area contributed by atoms with E-state index in [4.69, 9.17) is 16.3 Å². The van der Waals surface area contributed by atoms with E-state index in [-0.39, 0.29) is 22.4 Å². The molecule has 0 spiro atoms. The lowest BCUT2D eigenvalue weighted by atomic mass is 9.98. The molecule has 1 fully saturated rings. The second-order valence-corrected chi connectivity index (χ2v) is 9.40. The third-order valence-electron chi connectivity index (χ3n) is 5.16. The Balaban J connectivity index is 1.71. The van der Waals surface area contributed by atoms with E-state index < -0.39 is 15.9 Å². The second kappa shape index (κ2) is 9.15. The molecule has 1 N–H and O–H groups in total. The largest absolute Gasteiger partial charge is 0.496 e. The Labute approximate surface area is 176 Å². The summed E-state index contributed by atoms with van der Waals surface area (Å²) >= 11 is 6.18. The maximum absolute atomic E-state index is 13.2. The van der Waals surface area contributed by atoms with Crippen molar-refractivity contribution < 1.29 is 17.9 Å². The number of nitrogens with zero attached hydrogens (tertiary/aromatic N) is 1. The fourth-order valence-corrected chi connectivity index (χ4v) is 5.93. The number of benzene rings is 2. The van der Waals surface area contributed by atoms with Gasteiger partial charge in [-0.15, -0.1) is 0 Å². The number of rotatable bonds is 6. The molecule has 1 heterocycles. The Kier molecular flexibility index (Phi) is 6.82. The number of amides is 1. The van der Waals surface area contributed by atoms with Gasteiger partial charge in [-0.3, -0.25) is 4.79 Å². The quantitative estimate of drug-likeness (QED) is 0.753. The summed E-state index contributed by atoms with van der Waals surface area (Å²) < 4.78 is 33.0. The zero-order valence-electron chi connectivity index (χ0n) is 16.5. The number of piperidine rings is 1. The highest BCUT2D eigenvalue weighted by Crippen LogP contribution is 2.30. The van der Waals surface area contributed by atoms with E-state index in [2.05, 4.69) is 5.32 Å². The highest BCUT2D eigenvalue weighted by atomic mass is 35.5. The Morgan fingerprint density at radius 2 is 2.00 bits per heavy atom. The average Bonchev–Trinajstić information content (AvgIpc) is 2.72. The fraction of sp³-hybridized carbons (Fsp3) is 0.381. The van der Waals surface area contributed by atoms with Gasteiger partial charge >= 0.3 is 0 Å². The molecule has 2 aromatic rings. The van der Waals surface area contributed by atoms with Crippen LogP contribution in [0.2, 0.25) is 5.02 Å². The molecule has 1 amide bonds. The Morgan fingerprint density at radius 3 is 2.72 bits per heavy atom. The number of para-hydroxylation sites is 1. The normalized spacial score (nSPS) is 17.7. The number of halogens is 1. The van der Waals surface area contributed by atoms with Gasteiger partial charge in [0.05, 0.1) is 18.1 Å². The highest BCUT2D eigenvalue weighted by Gasteiger charge is 2.35. The van der Waals surface area contributed by atoms with Gasteiger partial charge in [-0.25, -0.2) is 8.42 Å². The van der Waals surface area contributed by atoms with Crippen LogP contribution in [0.3, 0.4) is 0 Å². The summed E-state index contributed by atoms with van der Waals surface area (Å²) in [5.41, 5.74) is 1.47. The number of nitrogens with one attached hydrogen (secondary N) is 1. The van der Waals surface area contributed by atoms with Crippen LogP contribution in [0.25, 0.3) is 0 Å². The van der Waals surface area contributed by atoms with Crippen molar-refractivity contribution in [3.8, 4) is 5.75 Å². The minimum absolute atomic E-state index is 0.122. The van der Waals surface area contributed by atoms with E-state index in [1.165, 1.54) is 4.31 Å². The molecule has 1 aliphatic rings. The maximum atomic E-state index is 13.2. The lowest BCUT2D eigenvalue weighted by Crippen LogP contribution is -2.45. The molecule has 0 saturated carbocycles. The Morgan fingerprint density at radius 1 is 1.24 bits per heavy atom. The first kappa shape index (κ1) is 21.6. The van der Waals surface area contributed by atoms with E-state index in [9.17, 15) is 13.2 Å². The molecule has 1 atom stereocenters. The van der Waals surface area contributed by atoms with Gasteiger partial charge in [-0.1, -0.05) is 41.9 Å². The molecule has 0 radical (unpaired) electrons. The summed E-state index contributed by atoms with van der Waals surface area (Å²) in [7, 11) is -2.18. The van der Waals surface area contributed by atoms with Crippen LogP contribution in [-0.2, 0) is 21.4 Å². The summed E-state index contributed by atoms with van der Waals surface area (Å²) in [5, 5.41) is 3.11. The highest BCUT2D eigenvalue weighted by molar-refractivity contribution is 7.89. The van der Waals surface area contributed by atoms with Crippen molar-refractivity contribution >= 4 is 27.5 Å². The number of aryl methyl sites for hydroxylation is 1. The zero-order chi connectivity index (χ0) is 21.0. The van der Waals surface area contributed by atoms with Crippen LogP contribution in [0.5, 0.6) is 5.75 Å². The molecule has 3 rings (SSSR count). The van der Waals surface area contributed by atoms with Crippen molar-refractivity contribution in [3.05, 3.63) is 58.6 Å². The molecule has 29 heavy (non-hydrogen) atoms. The lowest BCUT2D eigenvalue weighted by Gasteiger charge is -2.31. The third kappa shape index (κ3) is 4.74. The molecule has 1 aliphatic heterocycles. The summed E-state index contributed by atoms with van der Waals surface area (Å²) in [5.74, 6) is 0.137. The van der Waals surface area contributed by atoms with Crippen molar-refractivity contribution in [1.82, 2.24) is 9.62 Å². The summed E-state index contributed by atoms with van der Waals surface area (Å²) in [6, 6.07) is 12.5. The molecule has 6 nitrogen and oxygen atoms in total. The van der Waals surface area contributed by atoms with Gasteiger partial charge in [0, 0.05) is 25.2 Å². The first-order valence-corrected chi connectivity index (χ1v) is 11.3. The molecule has 1 unspecified atom stereocenters. The number of hydrogen-bond donors (Lipinski definition) is 1. The first-order chi connectivity index (χ1) is 13.8. The maximum Gasteiger partial charge on any atom is 0.244 e. The lowest BCUT2D eigenvalue weighted by molar-refractivity contribution is -0.126. The number of sulfonamides is 1. The molecule has 1 saturated heterocycles. The minimum atomic E-state index is -3.77. The van der Waals surface area contributed by atoms with Crippen molar-refractivity contribution in [2.24, 2.45) is 5.92 Å². The standard InChI is InChI=1S/C21H25ClN2O4S/c1-15-7-5-10-18(22)20(15)29(26,27)24-12-6-9-17(14-24)21(25)23-13-16-8-3-4-11-19(16)28-2/h3-5,7-8,10-11,17H,6,9,12-14H2,1-2H3,(H,23,25). The number of hydrogen-bond acceptors (Lipinski definition) is 4. The van der Waals surface area contributed by atoms with Gasteiger partial charge in [-0.05, 0) is 37.5 Å². The Hall–Kier alpha value is -2.09. The molecule has 2 aromatic carbocycles. The van der Waals surface area contributed by atoms with Crippen molar-refractivity contribution in [2.75, 3.05) is 20.2 Å². The van der Waals surface area contributed by atoms with Gasteiger partial charge in [0.15, 0.2) is 0 Å². The van der Waals surface area contributed by atoms with Crippen molar-refractivity contribution in [1.29, 1.82) is 0 Å². The number of methoxy groups -OCH3 is 1. The van der Waals surface area contributed by atoms with Crippen molar-refractivity contribution in [2.45, 2.75) is 31.2 Å². The van der Waals surface area contributed by atoms with E-state index in [0.717, 1.165) is 5.56 Å². The van der Waals surface area contributed by atoms with Gasteiger partial charge in [0.25, 0.3) is 0 Å². The third-order valence-corrected chi connectivity index (χ3v) is 7.66. The first-order valence-electron chi connectivity index (χ1n) is 9.49. The summed E-state index contributed by atoms with van der Waals surface area (Å²) in [6.07, 6.45) is 1.26. The van der Waals surface area contributed by atoms with Gasteiger partial charge in [0.1, 0.15) is 10.6 Å². The fourth-order valence-electron chi connectivity index (χ4n) is 3.62. The molecule has 0 bridgehead atoms. The topological polar surface area (TPSA) is 75.7 Å². The molecular formula is C21H25ClN2O4S. The summed E-state index contributed by atoms with van der Waals surface area (Å²) in [6.45, 7) is 2.57. The van der Waals surface area contributed by atoms with E-state index in [1.807, 2.05) is 24.3 Å². The summed E-state index contributed by atoms with van der Waals surface area (Å²) in [4.78, 5) is 12.8. The predicted octanol–water partition coefficient (Wildman–Crippen LogP) is 3.37. The molecule has 8 heteroatoms. The number of carbonyl (C=O) groups is 1. The van der Waals surface area contributed by atoms with Crippen molar-refractivity contribution in [3.63, 3.8) is 0 Å². The molecule has 0 aromatic heterocycles. The van der Waals surface area contributed by atoms with Crippen LogP contribution in [-0.4, -0.2) is 38.8 Å². The van der Waals surface area contributed by atoms with Gasteiger partial charge in [-0.2, -0.15) is 4.31 Å². The van der Waals surface area contributed by atoms with E-state index >= 15 is 0 Å². The SMILES string of the molecule is COc1ccccc1CNC(=O)C1CCCN(S(=O)(=O)c2c(C)cccc2Cl)C1. The smallest absolute Gasteiger partial charge is 0.244 e. The van der Waals surface area contributed by atoms with Crippen LogP contribution in [0.15, 0.2) is 47.4 Å². The van der Waals surface area contributed by atoms with E-state index in [0.29, 0.717) is 37.2 Å². The molecular weight excluding hydrogens is 412 g/mol. The minimum Gasteiger partial charge on any atom is -0.496 e. The average molecular weight is 437 g/mol. The molecule has 0 aliphatic carbocycles. The zero-order valence-corrected chi connectivity index (χ0v) is 18.1. The molecule has 156 valence electrons. The Bertz CT molecular complexity index is 974. The number of carbonyl (C=O) groups excluding carboxylic acids is 1. The second-order valence-electron chi connectivity index (χ2n) is 7.12. The van der Waals surface area contributed by atoms with Crippen LogP contribution in [0.1, 0.15) is 24.0 Å². The van der Waals surface area contributed by atoms with Crippen LogP contribution < -0.4 is 10.1 Å². The monoisotopic (exact) mass is 436 g/mol. The van der Waals surface area contributed by atoms with Crippen LogP contribution in [0, 0.1) is 12.8 Å². The predicted molar refractivity (Wildman–Crippen MR) is 113 cm³/mol. The van der Waals surface area contributed by atoms with Crippen LogP contribution in [0.4, 0.5) is 0 Å². The van der Waals surface area contributed by atoms with Gasteiger partial charge < -0.3 is 10.1 Å². The number of ether oxygens (including phenoxy) is 1.